The summed E-state index contributed by atoms with van der Waals surface area (Å²) in [5.41, 5.74) is 0.877. The van der Waals surface area contributed by atoms with Crippen LogP contribution in [0.4, 0.5) is 11.4 Å². The normalized spacial score (nSPS) is 10.7. The van der Waals surface area contributed by atoms with Crippen LogP contribution in [0.1, 0.15) is 62.3 Å². The third kappa shape index (κ3) is 13.4. The van der Waals surface area contributed by atoms with Gasteiger partial charge in [-0.1, -0.05) is 0 Å². The molecule has 14 heteroatoms. The van der Waals surface area contributed by atoms with Crippen LogP contribution in [-0.4, -0.2) is 96.1 Å². The molecule has 12 nitrogen and oxygen atoms in total. The average Bonchev–Trinajstić information content (AvgIpc) is 3.02. The minimum atomic E-state index is -0.475. The summed E-state index contributed by atoms with van der Waals surface area (Å²) in [6.45, 7) is 22.2. The van der Waals surface area contributed by atoms with Crippen molar-refractivity contribution < 1.29 is 64.8 Å². The molecule has 0 unspecified atom stereocenters. The molecule has 0 saturated carbocycles. The van der Waals surface area contributed by atoms with Crippen molar-refractivity contribution >= 4 is 23.2 Å². The number of carbonyl (C=O) groups excluding carboxylic acids is 2. The van der Waals surface area contributed by atoms with Gasteiger partial charge >= 0.3 is 0 Å². The van der Waals surface area contributed by atoms with Gasteiger partial charge in [0.15, 0.2) is 0 Å². The maximum absolute atomic E-state index is 12.0. The molecule has 0 atom stereocenters. The fourth-order valence-electron chi connectivity index (χ4n) is 4.78. The van der Waals surface area contributed by atoms with E-state index in [4.69, 9.17) is 0 Å². The number of nitrogens with one attached hydrogen (secondary N) is 2. The Bertz CT molecular complexity index is 1050. The van der Waals surface area contributed by atoms with Gasteiger partial charge in [0.25, 0.3) is 23.2 Å². The molecule has 0 spiro atoms. The van der Waals surface area contributed by atoms with Gasteiger partial charge in [0.2, 0.25) is 0 Å². The molecule has 2 amide bonds. The first-order chi connectivity index (χ1) is 20.0. The zero-order valence-electron chi connectivity index (χ0n) is 26.7. The Balaban J connectivity index is 0. The number of hydrogen-bond donors (Lipinski definition) is 2. The Morgan fingerprint density at radius 2 is 0.841 bits per heavy atom. The zero-order valence-corrected chi connectivity index (χ0v) is 29.6. The first-order valence-corrected chi connectivity index (χ1v) is 14.7. The number of likely N-dealkylation sites (N-methyl/N-ethyl adjacent to an activating group) is 2. The summed E-state index contributed by atoms with van der Waals surface area (Å²) < 4.78 is 1.95. The van der Waals surface area contributed by atoms with Crippen LogP contribution >= 0.6 is 0 Å². The van der Waals surface area contributed by atoms with Gasteiger partial charge in [-0.25, -0.2) is 0 Å². The molecule has 2 aromatic rings. The van der Waals surface area contributed by atoms with E-state index in [0.29, 0.717) is 24.2 Å². The highest BCUT2D eigenvalue weighted by Gasteiger charge is 2.21. The van der Waals surface area contributed by atoms with Crippen molar-refractivity contribution in [2.24, 2.45) is 0 Å². The summed E-state index contributed by atoms with van der Waals surface area (Å²) in [6, 6.07) is 11.3. The SMILES string of the molecule is CC[N+](CC)(CC)CCNC(=O)c1ccc([N+](=O)[O-])cc1.CC[N+](CC)(CC)CCNC(=O)c1ccc([N+](=O)[O-])cc1.[Cl-].[I-]. The summed E-state index contributed by atoms with van der Waals surface area (Å²) in [5, 5.41) is 26.9. The van der Waals surface area contributed by atoms with E-state index in [-0.39, 0.29) is 59.6 Å². The van der Waals surface area contributed by atoms with E-state index in [1.54, 1.807) is 0 Å². The van der Waals surface area contributed by atoms with Crippen LogP contribution < -0.4 is 47.0 Å². The molecule has 0 radical (unpaired) electrons. The highest BCUT2D eigenvalue weighted by atomic mass is 127. The molecule has 0 aliphatic carbocycles. The molecule has 0 aliphatic rings. The van der Waals surface area contributed by atoms with E-state index >= 15 is 0 Å². The first kappa shape index (κ1) is 43.2. The Morgan fingerprint density at radius 1 is 0.591 bits per heavy atom. The molecule has 0 aliphatic heterocycles. The van der Waals surface area contributed by atoms with Crippen LogP contribution in [0, 0.1) is 20.2 Å². The smallest absolute Gasteiger partial charge is 0.269 e. The van der Waals surface area contributed by atoms with E-state index in [0.717, 1.165) is 61.3 Å². The van der Waals surface area contributed by atoms with Crippen molar-refractivity contribution in [3.05, 3.63) is 79.9 Å². The predicted octanol–water partition coefficient (Wildman–Crippen LogP) is -1.59. The van der Waals surface area contributed by atoms with E-state index in [1.807, 2.05) is 0 Å². The molecule has 0 aromatic heterocycles. The largest absolute Gasteiger partial charge is 1.00 e. The van der Waals surface area contributed by atoms with Gasteiger partial charge in [0, 0.05) is 35.4 Å². The number of halogens is 2. The van der Waals surface area contributed by atoms with Gasteiger partial charge in [0.05, 0.1) is 75.3 Å². The maximum atomic E-state index is 12.0. The minimum absolute atomic E-state index is 0. The lowest BCUT2D eigenvalue weighted by molar-refractivity contribution is -0.922. The predicted molar refractivity (Wildman–Crippen MR) is 164 cm³/mol. The first-order valence-electron chi connectivity index (χ1n) is 14.7. The summed E-state index contributed by atoms with van der Waals surface area (Å²) >= 11 is 0. The molecule has 44 heavy (non-hydrogen) atoms. The number of quaternary nitrogens is 2. The monoisotopic (exact) mass is 750 g/mol. The molecule has 2 N–H and O–H groups in total. The number of nitro benzene ring substituents is 2. The molecule has 248 valence electrons. The molecular weight excluding hydrogens is 703 g/mol. The van der Waals surface area contributed by atoms with Gasteiger partial charge in [-0.3, -0.25) is 29.8 Å². The Kier molecular flexibility index (Phi) is 21.4. The van der Waals surface area contributed by atoms with E-state index in [1.165, 1.54) is 48.5 Å². The molecule has 2 rings (SSSR count). The van der Waals surface area contributed by atoms with Crippen molar-refractivity contribution in [2.45, 2.75) is 41.5 Å². The Hall–Kier alpha value is -2.88. The molecule has 0 bridgehead atoms. The average molecular weight is 751 g/mol. The number of carbonyl (C=O) groups is 2. The van der Waals surface area contributed by atoms with Crippen LogP contribution in [0.2, 0.25) is 0 Å². The summed E-state index contributed by atoms with van der Waals surface area (Å²) in [5.74, 6) is -0.377. The van der Waals surface area contributed by atoms with E-state index < -0.39 is 9.85 Å². The summed E-state index contributed by atoms with van der Waals surface area (Å²) in [4.78, 5) is 44.2. The van der Waals surface area contributed by atoms with E-state index in [9.17, 15) is 29.8 Å². The summed E-state index contributed by atoms with van der Waals surface area (Å²) in [6.07, 6.45) is 0. The van der Waals surface area contributed by atoms with Crippen molar-refractivity contribution in [3.63, 3.8) is 0 Å². The van der Waals surface area contributed by atoms with Gasteiger partial charge in [0.1, 0.15) is 0 Å². The number of nitro groups is 2. The molecule has 0 fully saturated rings. The third-order valence-corrected chi connectivity index (χ3v) is 8.45. The van der Waals surface area contributed by atoms with E-state index in [2.05, 4.69) is 52.2 Å². The quantitative estimate of drug-likeness (QED) is 0.0918. The number of benzene rings is 2. The number of amides is 2. The topological polar surface area (TPSA) is 144 Å². The second-order valence-corrected chi connectivity index (χ2v) is 10.1. The van der Waals surface area contributed by atoms with Gasteiger partial charge in [-0.15, -0.1) is 0 Å². The Morgan fingerprint density at radius 3 is 1.05 bits per heavy atom. The number of hydrogen-bond acceptors (Lipinski definition) is 6. The Labute approximate surface area is 284 Å². The molecule has 0 heterocycles. The minimum Gasteiger partial charge on any atom is -1.00 e. The van der Waals surface area contributed by atoms with Crippen LogP contribution in [0.3, 0.4) is 0 Å². The highest BCUT2D eigenvalue weighted by molar-refractivity contribution is 5.94. The molecular formula is C30H48ClIN6O6. The lowest BCUT2D eigenvalue weighted by Crippen LogP contribution is -3.00. The van der Waals surface area contributed by atoms with Crippen LogP contribution in [0.25, 0.3) is 0 Å². The second kappa shape index (κ2) is 21.8. The number of nitrogens with zero attached hydrogens (tertiary/aromatic N) is 4. The number of rotatable bonds is 16. The number of non-ortho nitro benzene ring substituents is 2. The van der Waals surface area contributed by atoms with Gasteiger partial charge in [-0.2, -0.15) is 0 Å². The molecule has 0 saturated heterocycles. The zero-order chi connectivity index (χ0) is 31.8. The van der Waals surface area contributed by atoms with Crippen LogP contribution in [-0.2, 0) is 0 Å². The van der Waals surface area contributed by atoms with Gasteiger partial charge < -0.3 is 56.0 Å². The van der Waals surface area contributed by atoms with Crippen LogP contribution in [0.15, 0.2) is 48.5 Å². The molecule has 2 aromatic carbocycles. The van der Waals surface area contributed by atoms with Crippen molar-refractivity contribution in [3.8, 4) is 0 Å². The fourth-order valence-corrected chi connectivity index (χ4v) is 4.78. The maximum Gasteiger partial charge on any atom is 0.269 e. The van der Waals surface area contributed by atoms with Crippen LogP contribution in [0.5, 0.6) is 0 Å². The van der Waals surface area contributed by atoms with Crippen molar-refractivity contribution in [1.82, 2.24) is 10.6 Å². The second-order valence-electron chi connectivity index (χ2n) is 10.1. The lowest BCUT2D eigenvalue weighted by Gasteiger charge is -2.35. The van der Waals surface area contributed by atoms with Gasteiger partial charge in [-0.05, 0) is 65.8 Å². The lowest BCUT2D eigenvalue weighted by atomic mass is 10.2. The fraction of sp³-hybridized carbons (Fsp3) is 0.533. The third-order valence-electron chi connectivity index (χ3n) is 8.45. The highest BCUT2D eigenvalue weighted by Crippen LogP contribution is 2.13. The standard InChI is InChI=1S/2C15H23N3O3.ClH.HI/c2*1-4-18(5-2,6-3)12-11-16-15(19)13-7-9-14(10-8-13)17(20)21;;/h2*7-10H,4-6,11-12H2,1-3H3;2*1H. The van der Waals surface area contributed by atoms with Crippen molar-refractivity contribution in [2.75, 3.05) is 65.4 Å². The van der Waals surface area contributed by atoms with Crippen molar-refractivity contribution in [1.29, 1.82) is 0 Å². The summed E-state index contributed by atoms with van der Waals surface area (Å²) in [7, 11) is 0.